The number of likely N-dealkylation sites (N-methyl/N-ethyl adjacent to an activating group) is 1. The van der Waals surface area contributed by atoms with E-state index in [2.05, 4.69) is 29.1 Å². The zero-order valence-corrected chi connectivity index (χ0v) is 20.7. The molecule has 162 valence electrons. The number of amides is 1. The number of rotatable bonds is 7. The largest absolute Gasteiger partial charge is 0.398 e. The van der Waals surface area contributed by atoms with Gasteiger partial charge in [0.2, 0.25) is 0 Å². The van der Waals surface area contributed by atoms with Crippen molar-refractivity contribution in [3.63, 3.8) is 0 Å². The standard InChI is InChI=1S/C23H23ClIN3O3/c1-5-17-10-8-12-21(24)19(17)14-13-16(2)26-31-15-18-9-6-7-11-20(18)22(27-30-4)23(29)28(3)25/h6-12H,5,15H2,1-4H3/b26-16+,27-22+. The molecule has 0 spiro atoms. The van der Waals surface area contributed by atoms with Crippen molar-refractivity contribution >= 4 is 51.8 Å². The van der Waals surface area contributed by atoms with E-state index >= 15 is 0 Å². The minimum Gasteiger partial charge on any atom is -0.398 e. The number of carbonyl (C=O) groups is 1. The Balaban J connectivity index is 2.19. The second kappa shape index (κ2) is 12.3. The Morgan fingerprint density at radius 2 is 1.87 bits per heavy atom. The van der Waals surface area contributed by atoms with Gasteiger partial charge in [0.1, 0.15) is 19.4 Å². The summed E-state index contributed by atoms with van der Waals surface area (Å²) in [5.74, 6) is 5.77. The Bertz CT molecular complexity index is 1060. The van der Waals surface area contributed by atoms with Gasteiger partial charge >= 0.3 is 0 Å². The van der Waals surface area contributed by atoms with Crippen LogP contribution < -0.4 is 0 Å². The average Bonchev–Trinajstić information content (AvgIpc) is 2.76. The molecule has 31 heavy (non-hydrogen) atoms. The number of nitrogens with zero attached hydrogens (tertiary/aromatic N) is 3. The highest BCUT2D eigenvalue weighted by molar-refractivity contribution is 14.1. The number of hydrogen-bond donors (Lipinski definition) is 0. The van der Waals surface area contributed by atoms with E-state index in [4.69, 9.17) is 21.3 Å². The molecule has 0 saturated heterocycles. The summed E-state index contributed by atoms with van der Waals surface area (Å²) in [5.41, 5.74) is 3.93. The first-order chi connectivity index (χ1) is 14.9. The third-order valence-electron chi connectivity index (χ3n) is 4.21. The Morgan fingerprint density at radius 3 is 2.55 bits per heavy atom. The zero-order chi connectivity index (χ0) is 22.8. The molecule has 0 unspecified atom stereocenters. The normalized spacial score (nSPS) is 11.4. The predicted octanol–water partition coefficient (Wildman–Crippen LogP) is 5.01. The lowest BCUT2D eigenvalue weighted by molar-refractivity contribution is -0.117. The number of aryl methyl sites for hydroxylation is 1. The van der Waals surface area contributed by atoms with Crippen molar-refractivity contribution < 1.29 is 14.5 Å². The van der Waals surface area contributed by atoms with Crippen LogP contribution in [-0.4, -0.2) is 34.6 Å². The van der Waals surface area contributed by atoms with Crippen LogP contribution in [0.5, 0.6) is 0 Å². The van der Waals surface area contributed by atoms with Crippen molar-refractivity contribution in [2.75, 3.05) is 14.2 Å². The van der Waals surface area contributed by atoms with Crippen molar-refractivity contribution in [3.05, 3.63) is 69.7 Å². The summed E-state index contributed by atoms with van der Waals surface area (Å²) in [6.07, 6.45) is 0.838. The summed E-state index contributed by atoms with van der Waals surface area (Å²) in [6, 6.07) is 13.0. The number of benzene rings is 2. The molecule has 6 nitrogen and oxygen atoms in total. The molecule has 0 aliphatic carbocycles. The molecule has 0 aliphatic rings. The molecule has 2 rings (SSSR count). The predicted molar refractivity (Wildman–Crippen MR) is 132 cm³/mol. The lowest BCUT2D eigenvalue weighted by Crippen LogP contribution is -2.27. The van der Waals surface area contributed by atoms with Crippen LogP contribution in [0.4, 0.5) is 0 Å². The summed E-state index contributed by atoms with van der Waals surface area (Å²) >= 11 is 8.16. The lowest BCUT2D eigenvalue weighted by Gasteiger charge is -2.13. The Kier molecular flexibility index (Phi) is 9.82. The molecule has 0 atom stereocenters. The molecule has 0 N–H and O–H groups in total. The molecule has 2 aromatic rings. The van der Waals surface area contributed by atoms with Crippen LogP contribution >= 0.6 is 34.5 Å². The maximum Gasteiger partial charge on any atom is 0.284 e. The summed E-state index contributed by atoms with van der Waals surface area (Å²) in [7, 11) is 3.04. The van der Waals surface area contributed by atoms with E-state index < -0.39 is 0 Å². The fourth-order valence-corrected chi connectivity index (χ4v) is 3.17. The summed E-state index contributed by atoms with van der Waals surface area (Å²) in [5, 5.41) is 8.59. The van der Waals surface area contributed by atoms with Gasteiger partial charge in [-0.3, -0.25) is 7.91 Å². The van der Waals surface area contributed by atoms with Crippen LogP contribution in [0.3, 0.4) is 0 Å². The molecular weight excluding hydrogens is 529 g/mol. The van der Waals surface area contributed by atoms with Crippen LogP contribution in [0.25, 0.3) is 0 Å². The van der Waals surface area contributed by atoms with Crippen LogP contribution in [0.15, 0.2) is 52.8 Å². The van der Waals surface area contributed by atoms with E-state index in [9.17, 15) is 4.79 Å². The highest BCUT2D eigenvalue weighted by atomic mass is 127. The summed E-state index contributed by atoms with van der Waals surface area (Å²) < 4.78 is 1.41. The van der Waals surface area contributed by atoms with E-state index in [0.29, 0.717) is 16.3 Å². The van der Waals surface area contributed by atoms with Gasteiger partial charge in [0.15, 0.2) is 5.71 Å². The van der Waals surface area contributed by atoms with E-state index in [1.54, 1.807) is 20.0 Å². The van der Waals surface area contributed by atoms with Gasteiger partial charge in [-0.2, -0.15) is 0 Å². The van der Waals surface area contributed by atoms with E-state index in [-0.39, 0.29) is 18.2 Å². The fourth-order valence-electron chi connectivity index (χ4n) is 2.70. The number of hydrogen-bond acceptors (Lipinski definition) is 5. The van der Waals surface area contributed by atoms with Gasteiger partial charge in [-0.25, -0.2) is 0 Å². The molecule has 0 fully saturated rings. The number of halogens is 2. The van der Waals surface area contributed by atoms with Gasteiger partial charge in [-0.15, -0.1) is 0 Å². The summed E-state index contributed by atoms with van der Waals surface area (Å²) in [4.78, 5) is 22.8. The van der Waals surface area contributed by atoms with Gasteiger partial charge in [0, 0.05) is 23.7 Å². The van der Waals surface area contributed by atoms with E-state index in [1.807, 2.05) is 59.3 Å². The van der Waals surface area contributed by atoms with Crippen molar-refractivity contribution in [3.8, 4) is 11.8 Å². The second-order valence-corrected chi connectivity index (χ2v) is 8.24. The van der Waals surface area contributed by atoms with E-state index in [1.165, 1.54) is 10.2 Å². The van der Waals surface area contributed by atoms with Crippen LogP contribution in [-0.2, 0) is 27.5 Å². The maximum absolute atomic E-state index is 12.5. The highest BCUT2D eigenvalue weighted by Crippen LogP contribution is 2.19. The molecule has 2 aromatic carbocycles. The zero-order valence-electron chi connectivity index (χ0n) is 17.8. The molecule has 8 heteroatoms. The molecule has 1 amide bonds. The van der Waals surface area contributed by atoms with Gasteiger partial charge < -0.3 is 9.68 Å². The van der Waals surface area contributed by atoms with Gasteiger partial charge in [0.05, 0.1) is 27.9 Å². The first-order valence-electron chi connectivity index (χ1n) is 9.48. The number of oxime groups is 2. The highest BCUT2D eigenvalue weighted by Gasteiger charge is 2.21. The molecule has 0 radical (unpaired) electrons. The van der Waals surface area contributed by atoms with Gasteiger partial charge in [-0.1, -0.05) is 71.2 Å². The smallest absolute Gasteiger partial charge is 0.284 e. The Morgan fingerprint density at radius 1 is 1.16 bits per heavy atom. The third kappa shape index (κ3) is 6.97. The van der Waals surface area contributed by atoms with Gasteiger partial charge in [-0.05, 0) is 30.9 Å². The van der Waals surface area contributed by atoms with Crippen LogP contribution in [0.2, 0.25) is 5.02 Å². The molecule has 0 aliphatic heterocycles. The quantitative estimate of drug-likeness (QED) is 0.160. The van der Waals surface area contributed by atoms with Crippen LogP contribution in [0.1, 0.15) is 36.1 Å². The monoisotopic (exact) mass is 551 g/mol. The van der Waals surface area contributed by atoms with Crippen molar-refractivity contribution in [1.29, 1.82) is 0 Å². The Hall–Kier alpha value is -2.57. The lowest BCUT2D eigenvalue weighted by atomic mass is 10.0. The van der Waals surface area contributed by atoms with Gasteiger partial charge in [0.25, 0.3) is 5.91 Å². The first kappa shape index (κ1) is 24.7. The SMILES string of the molecule is CCc1cccc(Cl)c1C#C/C(C)=N/OCc1ccccc1/C(=N\OC)C(=O)N(C)I. The van der Waals surface area contributed by atoms with Crippen molar-refractivity contribution in [2.24, 2.45) is 10.3 Å². The van der Waals surface area contributed by atoms with Crippen molar-refractivity contribution in [2.45, 2.75) is 26.9 Å². The minimum atomic E-state index is -0.285. The third-order valence-corrected chi connectivity index (χ3v) is 4.96. The molecular formula is C23H23ClIN3O3. The van der Waals surface area contributed by atoms with E-state index in [0.717, 1.165) is 23.1 Å². The fraction of sp³-hybridized carbons (Fsp3) is 0.261. The summed E-state index contributed by atoms with van der Waals surface area (Å²) in [6.45, 7) is 3.95. The molecule has 0 aromatic heterocycles. The maximum atomic E-state index is 12.5. The van der Waals surface area contributed by atoms with Crippen molar-refractivity contribution in [1.82, 2.24) is 3.11 Å². The van der Waals surface area contributed by atoms with Crippen LogP contribution in [0, 0.1) is 11.8 Å². The molecule has 0 heterocycles. The topological polar surface area (TPSA) is 63.5 Å². The minimum absolute atomic E-state index is 0.141. The average molecular weight is 552 g/mol. The second-order valence-electron chi connectivity index (χ2n) is 6.39. The first-order valence-corrected chi connectivity index (χ1v) is 10.8. The number of carbonyl (C=O) groups excluding carboxylic acids is 1. The molecule has 0 bridgehead atoms. The Labute approximate surface area is 201 Å². The molecule has 0 saturated carbocycles.